The standard InChI is InChI=1S/C19H14FN3O2S/c20-16-8-1-2-9-18(16)26(24,25)22-15-7-5-6-14(12-15)17-13-23-11-4-3-10-19(23)21-17/h1-13,22H. The number of anilines is 1. The molecule has 0 amide bonds. The van der Waals surface area contributed by atoms with Crippen LogP contribution < -0.4 is 4.72 Å². The molecule has 0 aliphatic heterocycles. The molecule has 5 nitrogen and oxygen atoms in total. The normalized spacial score (nSPS) is 11.6. The van der Waals surface area contributed by atoms with Crippen molar-refractivity contribution in [2.24, 2.45) is 0 Å². The summed E-state index contributed by atoms with van der Waals surface area (Å²) in [5.74, 6) is -0.795. The molecular formula is C19H14FN3O2S. The van der Waals surface area contributed by atoms with Gasteiger partial charge in [0.1, 0.15) is 16.4 Å². The Kier molecular flexibility index (Phi) is 3.93. The van der Waals surface area contributed by atoms with Gasteiger partial charge in [-0.15, -0.1) is 0 Å². The fraction of sp³-hybridized carbons (Fsp3) is 0. The van der Waals surface area contributed by atoms with E-state index >= 15 is 0 Å². The van der Waals surface area contributed by atoms with Crippen molar-refractivity contribution in [3.8, 4) is 11.3 Å². The summed E-state index contributed by atoms with van der Waals surface area (Å²) in [5.41, 5.74) is 2.59. The third-order valence-corrected chi connectivity index (χ3v) is 5.32. The summed E-state index contributed by atoms with van der Waals surface area (Å²) in [5, 5.41) is 0. The van der Waals surface area contributed by atoms with Crippen molar-refractivity contribution in [3.63, 3.8) is 0 Å². The number of benzene rings is 2. The Morgan fingerprint density at radius 3 is 2.58 bits per heavy atom. The molecule has 0 bridgehead atoms. The average molecular weight is 367 g/mol. The van der Waals surface area contributed by atoms with Crippen LogP contribution in [0.15, 0.2) is 84.0 Å². The molecule has 0 saturated carbocycles. The molecule has 0 atom stereocenters. The fourth-order valence-corrected chi connectivity index (χ4v) is 3.82. The number of imidazole rings is 1. The molecule has 1 N–H and O–H groups in total. The molecule has 0 radical (unpaired) electrons. The van der Waals surface area contributed by atoms with E-state index in [0.717, 1.165) is 17.3 Å². The molecule has 130 valence electrons. The summed E-state index contributed by atoms with van der Waals surface area (Å²) in [7, 11) is -4.02. The number of rotatable bonds is 4. The van der Waals surface area contributed by atoms with Gasteiger partial charge in [-0.1, -0.05) is 30.3 Å². The number of sulfonamides is 1. The lowest BCUT2D eigenvalue weighted by Crippen LogP contribution is -2.14. The van der Waals surface area contributed by atoms with Crippen LogP contribution in [-0.2, 0) is 10.0 Å². The van der Waals surface area contributed by atoms with Crippen LogP contribution in [0.1, 0.15) is 0 Å². The Morgan fingerprint density at radius 2 is 1.77 bits per heavy atom. The van der Waals surface area contributed by atoms with Crippen LogP contribution in [0.2, 0.25) is 0 Å². The molecule has 7 heteroatoms. The molecule has 4 rings (SSSR count). The molecule has 0 fully saturated rings. The molecule has 0 aliphatic carbocycles. The minimum absolute atomic E-state index is 0.336. The predicted octanol–water partition coefficient (Wildman–Crippen LogP) is 3.94. The van der Waals surface area contributed by atoms with Crippen molar-refractivity contribution in [2.75, 3.05) is 4.72 Å². The van der Waals surface area contributed by atoms with Crippen molar-refractivity contribution in [3.05, 3.63) is 84.9 Å². The summed E-state index contributed by atoms with van der Waals surface area (Å²) in [6.07, 6.45) is 3.75. The summed E-state index contributed by atoms with van der Waals surface area (Å²) >= 11 is 0. The van der Waals surface area contributed by atoms with E-state index in [2.05, 4.69) is 9.71 Å². The van der Waals surface area contributed by atoms with Gasteiger partial charge in [-0.3, -0.25) is 4.72 Å². The van der Waals surface area contributed by atoms with E-state index in [-0.39, 0.29) is 0 Å². The number of halogens is 1. The predicted molar refractivity (Wildman–Crippen MR) is 97.8 cm³/mol. The summed E-state index contributed by atoms with van der Waals surface area (Å²) in [6.45, 7) is 0. The maximum absolute atomic E-state index is 13.8. The minimum atomic E-state index is -4.02. The number of pyridine rings is 1. The van der Waals surface area contributed by atoms with Gasteiger partial charge in [0.2, 0.25) is 0 Å². The van der Waals surface area contributed by atoms with E-state index < -0.39 is 20.7 Å². The van der Waals surface area contributed by atoms with Crippen LogP contribution >= 0.6 is 0 Å². The van der Waals surface area contributed by atoms with Crippen LogP contribution in [0.4, 0.5) is 10.1 Å². The minimum Gasteiger partial charge on any atom is -0.306 e. The van der Waals surface area contributed by atoms with Crippen molar-refractivity contribution in [1.29, 1.82) is 0 Å². The number of fused-ring (bicyclic) bond motifs is 1. The van der Waals surface area contributed by atoms with E-state index in [0.29, 0.717) is 11.4 Å². The Bertz CT molecular complexity index is 1170. The van der Waals surface area contributed by atoms with Crippen LogP contribution in [-0.4, -0.2) is 17.8 Å². The Balaban J connectivity index is 1.69. The number of nitrogens with zero attached hydrogens (tertiary/aromatic N) is 2. The summed E-state index contributed by atoms with van der Waals surface area (Å²) in [6, 6.07) is 17.8. The third-order valence-electron chi connectivity index (χ3n) is 3.90. The van der Waals surface area contributed by atoms with Gasteiger partial charge in [-0.25, -0.2) is 17.8 Å². The van der Waals surface area contributed by atoms with Gasteiger partial charge < -0.3 is 4.40 Å². The first-order chi connectivity index (χ1) is 12.5. The molecule has 26 heavy (non-hydrogen) atoms. The second-order valence-corrected chi connectivity index (χ2v) is 7.36. The average Bonchev–Trinajstić information content (AvgIpc) is 3.06. The largest absolute Gasteiger partial charge is 0.306 e. The van der Waals surface area contributed by atoms with Gasteiger partial charge in [0.15, 0.2) is 0 Å². The maximum Gasteiger partial charge on any atom is 0.264 e. The van der Waals surface area contributed by atoms with Crippen LogP contribution in [0.25, 0.3) is 16.9 Å². The highest BCUT2D eigenvalue weighted by molar-refractivity contribution is 7.92. The molecule has 0 unspecified atom stereocenters. The molecule has 0 spiro atoms. The zero-order valence-electron chi connectivity index (χ0n) is 13.5. The number of nitrogens with one attached hydrogen (secondary N) is 1. The highest BCUT2D eigenvalue weighted by atomic mass is 32.2. The SMILES string of the molecule is O=S(=O)(Nc1cccc(-c2cn3ccccc3n2)c1)c1ccccc1F. The molecule has 4 aromatic rings. The van der Waals surface area contributed by atoms with Gasteiger partial charge in [0.25, 0.3) is 10.0 Å². The monoisotopic (exact) mass is 367 g/mol. The smallest absolute Gasteiger partial charge is 0.264 e. The first kappa shape index (κ1) is 16.3. The number of aromatic nitrogens is 2. The van der Waals surface area contributed by atoms with E-state index in [9.17, 15) is 12.8 Å². The maximum atomic E-state index is 13.8. The van der Waals surface area contributed by atoms with Crippen molar-refractivity contribution < 1.29 is 12.8 Å². The lowest BCUT2D eigenvalue weighted by molar-refractivity contribution is 0.570. The fourth-order valence-electron chi connectivity index (χ4n) is 2.69. The molecule has 2 heterocycles. The lowest BCUT2D eigenvalue weighted by atomic mass is 10.1. The molecule has 2 aromatic carbocycles. The molecule has 2 aromatic heterocycles. The molecular weight excluding hydrogens is 353 g/mol. The van der Waals surface area contributed by atoms with E-state index in [4.69, 9.17) is 0 Å². The number of hydrogen-bond donors (Lipinski definition) is 1. The van der Waals surface area contributed by atoms with Gasteiger partial charge in [-0.05, 0) is 36.4 Å². The number of hydrogen-bond acceptors (Lipinski definition) is 3. The molecule has 0 saturated heterocycles. The van der Waals surface area contributed by atoms with Gasteiger partial charge >= 0.3 is 0 Å². The quantitative estimate of drug-likeness (QED) is 0.594. The van der Waals surface area contributed by atoms with Crippen LogP contribution in [0.5, 0.6) is 0 Å². The highest BCUT2D eigenvalue weighted by Gasteiger charge is 2.18. The topological polar surface area (TPSA) is 63.5 Å². The Morgan fingerprint density at radius 1 is 0.962 bits per heavy atom. The van der Waals surface area contributed by atoms with Crippen LogP contribution in [0.3, 0.4) is 0 Å². The second kappa shape index (κ2) is 6.27. The van der Waals surface area contributed by atoms with Crippen molar-refractivity contribution in [2.45, 2.75) is 4.90 Å². The van der Waals surface area contributed by atoms with Crippen LogP contribution in [0, 0.1) is 5.82 Å². The van der Waals surface area contributed by atoms with Crippen molar-refractivity contribution >= 4 is 21.4 Å². The van der Waals surface area contributed by atoms with E-state index in [1.807, 2.05) is 41.1 Å². The van der Waals surface area contributed by atoms with E-state index in [1.165, 1.54) is 18.2 Å². The first-order valence-corrected chi connectivity index (χ1v) is 9.33. The second-order valence-electron chi connectivity index (χ2n) is 5.71. The van der Waals surface area contributed by atoms with E-state index in [1.54, 1.807) is 18.2 Å². The van der Waals surface area contributed by atoms with Gasteiger partial charge in [-0.2, -0.15) is 0 Å². The van der Waals surface area contributed by atoms with Crippen molar-refractivity contribution in [1.82, 2.24) is 9.38 Å². The highest BCUT2D eigenvalue weighted by Crippen LogP contribution is 2.24. The summed E-state index contributed by atoms with van der Waals surface area (Å²) < 4.78 is 43.0. The Hall–Kier alpha value is -3.19. The Labute approximate surface area is 149 Å². The van der Waals surface area contributed by atoms with Gasteiger partial charge in [0, 0.05) is 23.6 Å². The first-order valence-electron chi connectivity index (χ1n) is 7.84. The lowest BCUT2D eigenvalue weighted by Gasteiger charge is -2.09. The summed E-state index contributed by atoms with van der Waals surface area (Å²) in [4.78, 5) is 4.13. The molecule has 0 aliphatic rings. The third kappa shape index (κ3) is 3.04. The van der Waals surface area contributed by atoms with Gasteiger partial charge in [0.05, 0.1) is 5.69 Å². The zero-order chi connectivity index (χ0) is 18.1. The zero-order valence-corrected chi connectivity index (χ0v) is 14.3.